The zero-order chi connectivity index (χ0) is 12.3. The topological polar surface area (TPSA) is 74.7 Å². The number of nitrogens with two attached hydrogens (primary N) is 1. The second-order valence-corrected chi connectivity index (χ2v) is 5.31. The van der Waals surface area contributed by atoms with Crippen molar-refractivity contribution >= 4 is 23.3 Å². The number of nitrogens with one attached hydrogen (secondary N) is 1. The summed E-state index contributed by atoms with van der Waals surface area (Å²) in [4.78, 5) is 4.21. The lowest BCUT2D eigenvalue weighted by atomic mass is 10.2. The van der Waals surface area contributed by atoms with Crippen LogP contribution in [0.2, 0.25) is 0 Å². The van der Waals surface area contributed by atoms with Gasteiger partial charge >= 0.3 is 0 Å². The third-order valence-corrected chi connectivity index (χ3v) is 4.28. The van der Waals surface area contributed by atoms with E-state index in [-0.39, 0.29) is 0 Å². The van der Waals surface area contributed by atoms with E-state index in [1.807, 2.05) is 11.8 Å². The number of rotatable bonds is 3. The predicted octanol–water partition coefficient (Wildman–Crippen LogP) is 2.23. The third kappa shape index (κ3) is 2.64. The Balaban J connectivity index is 2.16. The Hall–Kier alpha value is -1.41. The molecule has 2 rings (SSSR count). The number of thioether (sulfide) groups is 1. The Labute approximate surface area is 106 Å². The highest BCUT2D eigenvalue weighted by atomic mass is 32.2. The van der Waals surface area contributed by atoms with E-state index in [4.69, 9.17) is 11.0 Å². The summed E-state index contributed by atoms with van der Waals surface area (Å²) in [6.45, 7) is 0. The van der Waals surface area contributed by atoms with E-state index < -0.39 is 0 Å². The van der Waals surface area contributed by atoms with E-state index in [0.717, 1.165) is 6.42 Å². The van der Waals surface area contributed by atoms with Crippen LogP contribution in [-0.4, -0.2) is 22.5 Å². The van der Waals surface area contributed by atoms with Gasteiger partial charge in [-0.15, -0.1) is 0 Å². The Morgan fingerprint density at radius 3 is 3.12 bits per heavy atom. The molecule has 1 aliphatic rings. The smallest absolute Gasteiger partial charge is 0.144 e. The summed E-state index contributed by atoms with van der Waals surface area (Å²) in [5.41, 5.74) is 6.67. The fraction of sp³-hybridized carbons (Fsp3) is 0.500. The van der Waals surface area contributed by atoms with Gasteiger partial charge in [0.1, 0.15) is 11.9 Å². The largest absolute Gasteiger partial charge is 0.397 e. The van der Waals surface area contributed by atoms with Crippen molar-refractivity contribution < 1.29 is 0 Å². The summed E-state index contributed by atoms with van der Waals surface area (Å²) >= 11 is 1.88. The number of nitrogen functional groups attached to an aromatic ring is 1. The van der Waals surface area contributed by atoms with E-state index in [1.165, 1.54) is 12.8 Å². The van der Waals surface area contributed by atoms with Crippen LogP contribution in [0.15, 0.2) is 12.3 Å². The van der Waals surface area contributed by atoms with Gasteiger partial charge in [-0.25, -0.2) is 4.98 Å². The molecule has 2 unspecified atom stereocenters. The molecule has 2 atom stereocenters. The first-order valence-electron chi connectivity index (χ1n) is 5.69. The summed E-state index contributed by atoms with van der Waals surface area (Å²) in [5.74, 6) is 0.660. The molecule has 1 aromatic heterocycles. The minimum atomic E-state index is 0.410. The van der Waals surface area contributed by atoms with Crippen molar-refractivity contribution in [2.24, 2.45) is 0 Å². The number of hydrogen-bond acceptors (Lipinski definition) is 5. The molecule has 0 bridgehead atoms. The Morgan fingerprint density at radius 1 is 1.59 bits per heavy atom. The van der Waals surface area contributed by atoms with Gasteiger partial charge in [0.25, 0.3) is 0 Å². The number of hydrogen-bond donors (Lipinski definition) is 2. The number of pyridine rings is 1. The molecule has 0 spiro atoms. The number of nitriles is 1. The molecule has 5 heteroatoms. The van der Waals surface area contributed by atoms with E-state index in [0.29, 0.717) is 28.4 Å². The van der Waals surface area contributed by atoms with Crippen LogP contribution in [0.4, 0.5) is 11.5 Å². The molecule has 17 heavy (non-hydrogen) atoms. The Morgan fingerprint density at radius 2 is 2.41 bits per heavy atom. The van der Waals surface area contributed by atoms with Gasteiger partial charge in [-0.2, -0.15) is 17.0 Å². The van der Waals surface area contributed by atoms with Crippen molar-refractivity contribution in [1.29, 1.82) is 5.26 Å². The van der Waals surface area contributed by atoms with Gasteiger partial charge in [-0.1, -0.05) is 6.42 Å². The van der Waals surface area contributed by atoms with E-state index in [2.05, 4.69) is 22.6 Å². The molecule has 0 radical (unpaired) electrons. The predicted molar refractivity (Wildman–Crippen MR) is 71.9 cm³/mol. The normalized spacial score (nSPS) is 23.3. The summed E-state index contributed by atoms with van der Waals surface area (Å²) in [5, 5.41) is 13.0. The van der Waals surface area contributed by atoms with Gasteiger partial charge in [0.15, 0.2) is 0 Å². The molecule has 1 aliphatic carbocycles. The molecular formula is C12H16N4S. The molecule has 1 fully saturated rings. The molecule has 0 saturated heterocycles. The first-order chi connectivity index (χ1) is 8.24. The zero-order valence-corrected chi connectivity index (χ0v) is 10.6. The maximum atomic E-state index is 9.05. The van der Waals surface area contributed by atoms with Crippen LogP contribution in [0.5, 0.6) is 0 Å². The molecule has 3 N–H and O–H groups in total. The molecule has 0 aromatic carbocycles. The quantitative estimate of drug-likeness (QED) is 0.858. The summed E-state index contributed by atoms with van der Waals surface area (Å²) in [7, 11) is 0. The van der Waals surface area contributed by atoms with Gasteiger partial charge in [0.05, 0.1) is 17.4 Å². The minimum Gasteiger partial charge on any atom is -0.397 e. The fourth-order valence-corrected chi connectivity index (χ4v) is 3.17. The number of anilines is 2. The van der Waals surface area contributed by atoms with Crippen LogP contribution in [0, 0.1) is 11.3 Å². The molecule has 4 nitrogen and oxygen atoms in total. The lowest BCUT2D eigenvalue weighted by Crippen LogP contribution is -2.26. The average molecular weight is 248 g/mol. The van der Waals surface area contributed by atoms with Crippen LogP contribution < -0.4 is 11.1 Å². The van der Waals surface area contributed by atoms with Crippen molar-refractivity contribution in [1.82, 2.24) is 4.98 Å². The van der Waals surface area contributed by atoms with Crippen LogP contribution in [-0.2, 0) is 0 Å². The SMILES string of the molecule is CSC1CCCC1Nc1ncc(N)cc1C#N. The Kier molecular flexibility index (Phi) is 3.75. The van der Waals surface area contributed by atoms with E-state index in [9.17, 15) is 0 Å². The van der Waals surface area contributed by atoms with Crippen molar-refractivity contribution in [2.45, 2.75) is 30.6 Å². The molecule has 1 aromatic rings. The lowest BCUT2D eigenvalue weighted by molar-refractivity contribution is 0.763. The monoisotopic (exact) mass is 248 g/mol. The summed E-state index contributed by atoms with van der Waals surface area (Å²) in [6, 6.07) is 4.21. The van der Waals surface area contributed by atoms with Crippen molar-refractivity contribution in [3.63, 3.8) is 0 Å². The standard InChI is InChI=1S/C12H16N4S/c1-17-11-4-2-3-10(11)16-12-8(6-13)5-9(14)7-15-12/h5,7,10-11H,2-4,14H2,1H3,(H,15,16). The average Bonchev–Trinajstić information content (AvgIpc) is 2.78. The first kappa shape index (κ1) is 12.1. The van der Waals surface area contributed by atoms with Gasteiger partial charge < -0.3 is 11.1 Å². The van der Waals surface area contributed by atoms with Crippen LogP contribution in [0.25, 0.3) is 0 Å². The van der Waals surface area contributed by atoms with E-state index in [1.54, 1.807) is 12.3 Å². The molecule has 1 saturated carbocycles. The van der Waals surface area contributed by atoms with Crippen molar-refractivity contribution in [2.75, 3.05) is 17.3 Å². The number of aromatic nitrogens is 1. The lowest BCUT2D eigenvalue weighted by Gasteiger charge is -2.20. The van der Waals surface area contributed by atoms with Crippen molar-refractivity contribution in [3.05, 3.63) is 17.8 Å². The van der Waals surface area contributed by atoms with Gasteiger partial charge in [-0.3, -0.25) is 0 Å². The number of nitrogens with zero attached hydrogens (tertiary/aromatic N) is 2. The molecule has 0 aliphatic heterocycles. The summed E-state index contributed by atoms with van der Waals surface area (Å²) in [6.07, 6.45) is 7.33. The third-order valence-electron chi connectivity index (χ3n) is 3.11. The fourth-order valence-electron chi connectivity index (χ4n) is 2.23. The van der Waals surface area contributed by atoms with Crippen LogP contribution >= 0.6 is 11.8 Å². The van der Waals surface area contributed by atoms with E-state index >= 15 is 0 Å². The van der Waals surface area contributed by atoms with Gasteiger partial charge in [0.2, 0.25) is 0 Å². The van der Waals surface area contributed by atoms with Crippen LogP contribution in [0.1, 0.15) is 24.8 Å². The first-order valence-corrected chi connectivity index (χ1v) is 6.98. The maximum absolute atomic E-state index is 9.05. The summed E-state index contributed by atoms with van der Waals surface area (Å²) < 4.78 is 0. The molecule has 1 heterocycles. The second kappa shape index (κ2) is 5.28. The highest BCUT2D eigenvalue weighted by molar-refractivity contribution is 7.99. The highest BCUT2D eigenvalue weighted by Gasteiger charge is 2.27. The molecule has 90 valence electrons. The highest BCUT2D eigenvalue weighted by Crippen LogP contribution is 2.31. The van der Waals surface area contributed by atoms with Crippen LogP contribution in [0.3, 0.4) is 0 Å². The minimum absolute atomic E-state index is 0.410. The van der Waals surface area contributed by atoms with Gasteiger partial charge in [0, 0.05) is 11.3 Å². The zero-order valence-electron chi connectivity index (χ0n) is 9.81. The maximum Gasteiger partial charge on any atom is 0.144 e. The second-order valence-electron chi connectivity index (χ2n) is 4.23. The Bertz CT molecular complexity index is 441. The molecular weight excluding hydrogens is 232 g/mol. The van der Waals surface area contributed by atoms with Gasteiger partial charge in [-0.05, 0) is 25.2 Å². The molecule has 0 amide bonds. The van der Waals surface area contributed by atoms with Crippen molar-refractivity contribution in [3.8, 4) is 6.07 Å².